The Morgan fingerprint density at radius 1 is 1.09 bits per heavy atom. The lowest BCUT2D eigenvalue weighted by Crippen LogP contribution is -2.49. The molecule has 0 saturated carbocycles. The van der Waals surface area contributed by atoms with Crippen LogP contribution >= 0.6 is 0 Å². The number of hydrogen-bond donors (Lipinski definition) is 0. The number of carbonyl (C=O) groups is 2. The van der Waals surface area contributed by atoms with Crippen LogP contribution in [0, 0.1) is 6.92 Å². The maximum absolute atomic E-state index is 13.6. The number of aryl methyl sites for hydroxylation is 1. The van der Waals surface area contributed by atoms with E-state index in [2.05, 4.69) is 24.3 Å². The Balaban J connectivity index is 1.62. The molecule has 7 heteroatoms. The van der Waals surface area contributed by atoms with Gasteiger partial charge in [-0.25, -0.2) is 5.01 Å². The fourth-order valence-electron chi connectivity index (χ4n) is 4.77. The van der Waals surface area contributed by atoms with Gasteiger partial charge in [0.15, 0.2) is 0 Å². The highest BCUT2D eigenvalue weighted by Crippen LogP contribution is 2.35. The fraction of sp³-hybridized carbons (Fsp3) is 0.444. The van der Waals surface area contributed by atoms with Crippen LogP contribution < -0.4 is 4.74 Å². The van der Waals surface area contributed by atoms with Crippen LogP contribution in [-0.4, -0.2) is 60.3 Å². The minimum Gasteiger partial charge on any atom is -0.496 e. The predicted octanol–water partition coefficient (Wildman–Crippen LogP) is 4.10. The van der Waals surface area contributed by atoms with Gasteiger partial charge < -0.3 is 9.47 Å². The molecule has 2 aromatic rings. The molecule has 7 nitrogen and oxygen atoms in total. The molecule has 180 valence electrons. The number of esters is 1. The molecule has 1 fully saturated rings. The van der Waals surface area contributed by atoms with Crippen LogP contribution in [0.3, 0.4) is 0 Å². The molecule has 0 N–H and O–H groups in total. The van der Waals surface area contributed by atoms with Crippen LogP contribution in [0.2, 0.25) is 0 Å². The van der Waals surface area contributed by atoms with Crippen molar-refractivity contribution in [2.75, 3.05) is 26.8 Å². The first-order valence-electron chi connectivity index (χ1n) is 12.0. The summed E-state index contributed by atoms with van der Waals surface area (Å²) in [6.07, 6.45) is 3.22. The van der Waals surface area contributed by atoms with Crippen LogP contribution in [0.15, 0.2) is 53.6 Å². The van der Waals surface area contributed by atoms with Crippen molar-refractivity contribution >= 4 is 17.6 Å². The van der Waals surface area contributed by atoms with Crippen LogP contribution in [-0.2, 0) is 14.3 Å². The maximum atomic E-state index is 13.6. The van der Waals surface area contributed by atoms with Crippen molar-refractivity contribution in [2.45, 2.75) is 51.6 Å². The van der Waals surface area contributed by atoms with Crippen LogP contribution in [0.4, 0.5) is 0 Å². The van der Waals surface area contributed by atoms with E-state index in [1.807, 2.05) is 36.1 Å². The molecule has 4 rings (SSSR count). The lowest BCUT2D eigenvalue weighted by molar-refractivity contribution is -0.152. The van der Waals surface area contributed by atoms with Crippen molar-refractivity contribution in [3.63, 3.8) is 0 Å². The van der Waals surface area contributed by atoms with Gasteiger partial charge in [0, 0.05) is 12.0 Å². The number of likely N-dealkylation sites (tertiary alicyclic amines) is 1. The van der Waals surface area contributed by atoms with Crippen molar-refractivity contribution in [3.8, 4) is 5.75 Å². The molecule has 0 spiro atoms. The molecule has 2 aliphatic rings. The molecule has 0 bridgehead atoms. The van der Waals surface area contributed by atoms with Crippen LogP contribution in [0.5, 0.6) is 5.75 Å². The van der Waals surface area contributed by atoms with Gasteiger partial charge in [0.25, 0.3) is 5.91 Å². The number of amides is 1. The first-order chi connectivity index (χ1) is 16.5. The standard InChI is InChI=1S/C27H33N3O4/c1-4-34-27(32)23-10-7-8-16-29(23)18-26(31)30-24(20-14-12-19(2)13-15-20)17-22(28-30)21-9-5-6-11-25(21)33-3/h5-6,9,11-15,23-24H,4,7-8,10,16-18H2,1-3H3/t23-,24+/m0/s1. The summed E-state index contributed by atoms with van der Waals surface area (Å²) in [4.78, 5) is 28.1. The van der Waals surface area contributed by atoms with Gasteiger partial charge >= 0.3 is 5.97 Å². The highest BCUT2D eigenvalue weighted by atomic mass is 16.5. The number of methoxy groups -OCH3 is 1. The Kier molecular flexibility index (Phi) is 7.63. The molecule has 2 heterocycles. The van der Waals surface area contributed by atoms with E-state index >= 15 is 0 Å². The summed E-state index contributed by atoms with van der Waals surface area (Å²) >= 11 is 0. The van der Waals surface area contributed by atoms with Crippen LogP contribution in [0.25, 0.3) is 0 Å². The van der Waals surface area contributed by atoms with Gasteiger partial charge in [0.05, 0.1) is 32.0 Å². The smallest absolute Gasteiger partial charge is 0.323 e. The second kappa shape index (κ2) is 10.8. The van der Waals surface area contributed by atoms with Gasteiger partial charge in [0.2, 0.25) is 0 Å². The summed E-state index contributed by atoms with van der Waals surface area (Å²) < 4.78 is 10.8. The summed E-state index contributed by atoms with van der Waals surface area (Å²) in [6.45, 7) is 5.02. The third-order valence-electron chi connectivity index (χ3n) is 6.56. The fourth-order valence-corrected chi connectivity index (χ4v) is 4.77. The molecule has 34 heavy (non-hydrogen) atoms. The zero-order chi connectivity index (χ0) is 24.1. The number of benzene rings is 2. The van der Waals surface area contributed by atoms with Crippen molar-refractivity contribution in [1.29, 1.82) is 0 Å². The summed E-state index contributed by atoms with van der Waals surface area (Å²) in [5, 5.41) is 6.40. The molecular weight excluding hydrogens is 430 g/mol. The molecule has 2 atom stereocenters. The highest BCUT2D eigenvalue weighted by molar-refractivity contribution is 6.05. The third-order valence-corrected chi connectivity index (χ3v) is 6.56. The van der Waals surface area contributed by atoms with Gasteiger partial charge in [0.1, 0.15) is 11.8 Å². The van der Waals surface area contributed by atoms with E-state index < -0.39 is 0 Å². The molecule has 0 aromatic heterocycles. The monoisotopic (exact) mass is 463 g/mol. The average Bonchev–Trinajstić information content (AvgIpc) is 3.30. The summed E-state index contributed by atoms with van der Waals surface area (Å²) in [5.41, 5.74) is 3.90. The summed E-state index contributed by atoms with van der Waals surface area (Å²) in [5.74, 6) is 0.369. The minimum atomic E-state index is -0.379. The van der Waals surface area contributed by atoms with E-state index in [0.717, 1.165) is 41.0 Å². The highest BCUT2D eigenvalue weighted by Gasteiger charge is 2.37. The Bertz CT molecular complexity index is 1050. The topological polar surface area (TPSA) is 71.4 Å². The number of rotatable bonds is 7. The molecular formula is C27H33N3O4. The Morgan fingerprint density at radius 3 is 2.59 bits per heavy atom. The van der Waals surface area contributed by atoms with Crippen molar-refractivity contribution < 1.29 is 19.1 Å². The van der Waals surface area contributed by atoms with Gasteiger partial charge in [-0.3, -0.25) is 14.5 Å². The number of hydrazone groups is 1. The van der Waals surface area contributed by atoms with Crippen molar-refractivity contribution in [2.24, 2.45) is 5.10 Å². The normalized spacial score (nSPS) is 20.7. The zero-order valence-electron chi connectivity index (χ0n) is 20.2. The van der Waals surface area contributed by atoms with Crippen molar-refractivity contribution in [1.82, 2.24) is 9.91 Å². The number of nitrogens with zero attached hydrogens (tertiary/aromatic N) is 3. The van der Waals surface area contributed by atoms with E-state index in [-0.39, 0.29) is 30.5 Å². The molecule has 2 aromatic carbocycles. The van der Waals surface area contributed by atoms with Gasteiger partial charge in [-0.1, -0.05) is 48.4 Å². The summed E-state index contributed by atoms with van der Waals surface area (Å²) in [6, 6.07) is 15.4. The number of piperidine rings is 1. The SMILES string of the molecule is CCOC(=O)[C@@H]1CCCCN1CC(=O)N1N=C(c2ccccc2OC)C[C@@H]1c1ccc(C)cc1. The van der Waals surface area contributed by atoms with E-state index in [0.29, 0.717) is 26.0 Å². The Morgan fingerprint density at radius 2 is 1.85 bits per heavy atom. The van der Waals surface area contributed by atoms with E-state index in [1.165, 1.54) is 0 Å². The molecule has 0 radical (unpaired) electrons. The second-order valence-corrected chi connectivity index (χ2v) is 8.85. The molecule has 1 amide bonds. The molecule has 0 unspecified atom stereocenters. The second-order valence-electron chi connectivity index (χ2n) is 8.85. The van der Waals surface area contributed by atoms with Gasteiger partial charge in [-0.05, 0) is 50.9 Å². The van der Waals surface area contributed by atoms with Gasteiger partial charge in [-0.2, -0.15) is 5.10 Å². The molecule has 1 saturated heterocycles. The first kappa shape index (κ1) is 24.0. The maximum Gasteiger partial charge on any atom is 0.323 e. The third kappa shape index (κ3) is 5.14. The van der Waals surface area contributed by atoms with Gasteiger partial charge in [-0.15, -0.1) is 0 Å². The number of ether oxygens (including phenoxy) is 2. The zero-order valence-corrected chi connectivity index (χ0v) is 20.2. The van der Waals surface area contributed by atoms with Crippen LogP contribution in [0.1, 0.15) is 55.3 Å². The van der Waals surface area contributed by atoms with E-state index in [1.54, 1.807) is 19.0 Å². The molecule has 0 aliphatic carbocycles. The number of carbonyl (C=O) groups excluding carboxylic acids is 2. The average molecular weight is 464 g/mol. The number of para-hydroxylation sites is 1. The van der Waals surface area contributed by atoms with Crippen molar-refractivity contribution in [3.05, 3.63) is 65.2 Å². The first-order valence-corrected chi connectivity index (χ1v) is 12.0. The molecule has 2 aliphatic heterocycles. The number of hydrogen-bond acceptors (Lipinski definition) is 6. The minimum absolute atomic E-state index is 0.119. The quantitative estimate of drug-likeness (QED) is 0.578. The summed E-state index contributed by atoms with van der Waals surface area (Å²) in [7, 11) is 1.64. The Labute approximate surface area is 201 Å². The largest absolute Gasteiger partial charge is 0.496 e. The predicted molar refractivity (Wildman–Crippen MR) is 131 cm³/mol. The lowest BCUT2D eigenvalue weighted by Gasteiger charge is -2.34. The lowest BCUT2D eigenvalue weighted by atomic mass is 9.97. The van der Waals surface area contributed by atoms with E-state index in [4.69, 9.17) is 14.6 Å². The van der Waals surface area contributed by atoms with E-state index in [9.17, 15) is 9.59 Å². The Hall–Kier alpha value is -3.19.